The Kier molecular flexibility index (Phi) is 4.62. The van der Waals surface area contributed by atoms with Crippen molar-refractivity contribution in [1.29, 1.82) is 5.26 Å². The van der Waals surface area contributed by atoms with Crippen LogP contribution in [-0.4, -0.2) is 16.8 Å². The van der Waals surface area contributed by atoms with E-state index in [1.165, 1.54) is 0 Å². The molecule has 1 fully saturated rings. The number of aromatic nitrogens is 1. The van der Waals surface area contributed by atoms with E-state index in [1.54, 1.807) is 17.7 Å². The Labute approximate surface area is 122 Å². The van der Waals surface area contributed by atoms with Crippen molar-refractivity contribution >= 4 is 0 Å². The Morgan fingerprint density at radius 2 is 2.05 bits per heavy atom. The molecule has 1 aliphatic rings. The minimum atomic E-state index is -4.14. The largest absolute Gasteiger partial charge is 0.393 e. The molecule has 116 valence electrons. The third kappa shape index (κ3) is 3.41. The van der Waals surface area contributed by atoms with E-state index in [2.05, 4.69) is 11.4 Å². The fourth-order valence-electron chi connectivity index (χ4n) is 3.06. The molecule has 2 rings (SSSR count). The Morgan fingerprint density at radius 1 is 1.38 bits per heavy atom. The third-order valence-corrected chi connectivity index (χ3v) is 4.50. The Hall–Kier alpha value is -1.48. The van der Waals surface area contributed by atoms with E-state index in [4.69, 9.17) is 5.26 Å². The summed E-state index contributed by atoms with van der Waals surface area (Å²) < 4.78 is 40.9. The molecule has 3 nitrogen and oxygen atoms in total. The van der Waals surface area contributed by atoms with E-state index < -0.39 is 18.1 Å². The molecule has 2 atom stereocenters. The van der Waals surface area contributed by atoms with Crippen LogP contribution in [0.15, 0.2) is 6.07 Å². The van der Waals surface area contributed by atoms with Gasteiger partial charge < -0.3 is 9.88 Å². The molecule has 0 bridgehead atoms. The molecular weight excluding hydrogens is 279 g/mol. The minimum Gasteiger partial charge on any atom is -0.340 e. The second-order valence-corrected chi connectivity index (χ2v) is 5.73. The summed E-state index contributed by atoms with van der Waals surface area (Å²) in [6, 6.07) is 3.30. The van der Waals surface area contributed by atoms with E-state index >= 15 is 0 Å². The number of nitrogens with one attached hydrogen (secondary N) is 1. The van der Waals surface area contributed by atoms with Crippen LogP contribution in [0.1, 0.15) is 42.6 Å². The molecule has 0 spiro atoms. The molecule has 1 heterocycles. The van der Waals surface area contributed by atoms with Crippen molar-refractivity contribution in [3.63, 3.8) is 0 Å². The summed E-state index contributed by atoms with van der Waals surface area (Å²) in [7, 11) is 1.79. The Bertz CT molecular complexity index is 540. The first-order chi connectivity index (χ1) is 9.84. The Balaban J connectivity index is 2.06. The molecule has 21 heavy (non-hydrogen) atoms. The highest BCUT2D eigenvalue weighted by atomic mass is 19.4. The van der Waals surface area contributed by atoms with Gasteiger partial charge in [0.05, 0.1) is 5.92 Å². The van der Waals surface area contributed by atoms with Gasteiger partial charge in [-0.05, 0) is 31.4 Å². The van der Waals surface area contributed by atoms with Crippen LogP contribution < -0.4 is 5.32 Å². The van der Waals surface area contributed by atoms with Gasteiger partial charge >= 0.3 is 6.18 Å². The lowest BCUT2D eigenvalue weighted by Gasteiger charge is -2.33. The first kappa shape index (κ1) is 15.9. The molecule has 1 N–H and O–H groups in total. The number of nitrogens with zero attached hydrogens (tertiary/aromatic N) is 2. The predicted molar refractivity (Wildman–Crippen MR) is 73.5 cm³/mol. The SMILES string of the molecule is Cc1c(CN[C@H]2CCCC[C@@H]2C(F)(F)F)cc(C#N)n1C. The molecule has 1 saturated carbocycles. The topological polar surface area (TPSA) is 40.8 Å². The van der Waals surface area contributed by atoms with Gasteiger partial charge in [0, 0.05) is 25.3 Å². The molecule has 0 amide bonds. The highest BCUT2D eigenvalue weighted by molar-refractivity contribution is 5.34. The normalized spacial score (nSPS) is 23.0. The molecule has 0 radical (unpaired) electrons. The van der Waals surface area contributed by atoms with Gasteiger partial charge in [-0.3, -0.25) is 0 Å². The van der Waals surface area contributed by atoms with Crippen LogP contribution in [0.25, 0.3) is 0 Å². The molecule has 0 aliphatic heterocycles. The number of hydrogen-bond donors (Lipinski definition) is 1. The summed E-state index contributed by atoms with van der Waals surface area (Å²) in [6.45, 7) is 2.25. The van der Waals surface area contributed by atoms with Crippen LogP contribution in [0.2, 0.25) is 0 Å². The van der Waals surface area contributed by atoms with Gasteiger partial charge in [-0.25, -0.2) is 0 Å². The summed E-state index contributed by atoms with van der Waals surface area (Å²) in [6.07, 6.45) is -1.89. The fourth-order valence-corrected chi connectivity index (χ4v) is 3.06. The molecule has 1 aromatic heterocycles. The van der Waals surface area contributed by atoms with Crippen LogP contribution in [0.3, 0.4) is 0 Å². The second kappa shape index (κ2) is 6.10. The van der Waals surface area contributed by atoms with Gasteiger partial charge in [-0.1, -0.05) is 12.8 Å². The van der Waals surface area contributed by atoms with E-state index in [9.17, 15) is 13.2 Å². The fraction of sp³-hybridized carbons (Fsp3) is 0.667. The van der Waals surface area contributed by atoms with Gasteiger partial charge in [0.1, 0.15) is 11.8 Å². The van der Waals surface area contributed by atoms with Crippen LogP contribution in [0, 0.1) is 24.2 Å². The van der Waals surface area contributed by atoms with E-state index in [-0.39, 0.29) is 6.42 Å². The summed E-state index contributed by atoms with van der Waals surface area (Å²) in [4.78, 5) is 0. The van der Waals surface area contributed by atoms with Gasteiger partial charge in [-0.2, -0.15) is 18.4 Å². The van der Waals surface area contributed by atoms with Crippen molar-refractivity contribution in [2.24, 2.45) is 13.0 Å². The lowest BCUT2D eigenvalue weighted by atomic mass is 9.84. The highest BCUT2D eigenvalue weighted by Crippen LogP contribution is 2.37. The summed E-state index contributed by atoms with van der Waals surface area (Å²) >= 11 is 0. The molecule has 1 aliphatic carbocycles. The van der Waals surface area contributed by atoms with Crippen LogP contribution in [0.4, 0.5) is 13.2 Å². The van der Waals surface area contributed by atoms with E-state index in [0.717, 1.165) is 17.7 Å². The van der Waals surface area contributed by atoms with Crippen molar-refractivity contribution in [3.8, 4) is 6.07 Å². The van der Waals surface area contributed by atoms with Gasteiger partial charge in [0.15, 0.2) is 0 Å². The van der Waals surface area contributed by atoms with Crippen molar-refractivity contribution < 1.29 is 13.2 Å². The number of hydrogen-bond acceptors (Lipinski definition) is 2. The average molecular weight is 299 g/mol. The molecule has 6 heteroatoms. The van der Waals surface area contributed by atoms with E-state index in [0.29, 0.717) is 25.1 Å². The summed E-state index contributed by atoms with van der Waals surface area (Å²) in [5.74, 6) is -1.26. The number of nitriles is 1. The van der Waals surface area contributed by atoms with E-state index in [1.807, 2.05) is 6.92 Å². The molecule has 0 unspecified atom stereocenters. The number of alkyl halides is 3. The summed E-state index contributed by atoms with van der Waals surface area (Å²) in [5, 5.41) is 12.0. The molecule has 1 aromatic rings. The zero-order chi connectivity index (χ0) is 15.6. The Morgan fingerprint density at radius 3 is 2.62 bits per heavy atom. The van der Waals surface area contributed by atoms with Crippen molar-refractivity contribution in [2.45, 2.75) is 51.4 Å². The summed E-state index contributed by atoms with van der Waals surface area (Å²) in [5.41, 5.74) is 2.33. The van der Waals surface area contributed by atoms with Crippen molar-refractivity contribution in [3.05, 3.63) is 23.0 Å². The third-order valence-electron chi connectivity index (χ3n) is 4.50. The lowest BCUT2D eigenvalue weighted by Crippen LogP contribution is -2.45. The van der Waals surface area contributed by atoms with Crippen LogP contribution >= 0.6 is 0 Å². The smallest absolute Gasteiger partial charge is 0.340 e. The predicted octanol–water partition coefficient (Wildman–Crippen LogP) is 3.42. The van der Waals surface area contributed by atoms with Gasteiger partial charge in [0.2, 0.25) is 0 Å². The molecular formula is C15H20F3N3. The van der Waals surface area contributed by atoms with Crippen LogP contribution in [0.5, 0.6) is 0 Å². The number of rotatable bonds is 3. The zero-order valence-electron chi connectivity index (χ0n) is 12.3. The maximum Gasteiger partial charge on any atom is 0.393 e. The van der Waals surface area contributed by atoms with Crippen molar-refractivity contribution in [1.82, 2.24) is 9.88 Å². The van der Waals surface area contributed by atoms with Crippen molar-refractivity contribution in [2.75, 3.05) is 0 Å². The zero-order valence-corrected chi connectivity index (χ0v) is 12.3. The highest BCUT2D eigenvalue weighted by Gasteiger charge is 2.45. The van der Waals surface area contributed by atoms with Gasteiger partial charge in [0.25, 0.3) is 0 Å². The monoisotopic (exact) mass is 299 g/mol. The first-order valence-corrected chi connectivity index (χ1v) is 7.20. The lowest BCUT2D eigenvalue weighted by molar-refractivity contribution is -0.189. The number of halogens is 3. The molecule has 0 saturated heterocycles. The standard InChI is InChI=1S/C15H20F3N3/c1-10-11(7-12(8-19)21(10)2)9-20-14-6-4-3-5-13(14)15(16,17)18/h7,13-14,20H,3-6,9H2,1-2H3/t13-,14-/m0/s1. The maximum atomic E-state index is 13.0. The first-order valence-electron chi connectivity index (χ1n) is 7.20. The maximum absolute atomic E-state index is 13.0. The molecule has 0 aromatic carbocycles. The quantitative estimate of drug-likeness (QED) is 0.929. The van der Waals surface area contributed by atoms with Crippen LogP contribution in [-0.2, 0) is 13.6 Å². The average Bonchev–Trinajstić information content (AvgIpc) is 2.72. The minimum absolute atomic E-state index is 0.207. The second-order valence-electron chi connectivity index (χ2n) is 5.73. The van der Waals surface area contributed by atoms with Gasteiger partial charge in [-0.15, -0.1) is 0 Å².